The molecule has 84 valence electrons. The van der Waals surface area contributed by atoms with Crippen LogP contribution in [0.15, 0.2) is 46.1 Å². The van der Waals surface area contributed by atoms with E-state index in [1.807, 2.05) is 30.3 Å². The van der Waals surface area contributed by atoms with Gasteiger partial charge in [-0.05, 0) is 12.1 Å². The van der Waals surface area contributed by atoms with Crippen LogP contribution in [0.1, 0.15) is 11.1 Å². The minimum absolute atomic E-state index is 0.149. The first-order chi connectivity index (χ1) is 8.16. The average molecular weight is 227 g/mol. The molecule has 2 rings (SSSR count). The Bertz CT molecular complexity index is 702. The van der Waals surface area contributed by atoms with E-state index < -0.39 is 11.2 Å². The lowest BCUT2D eigenvalue weighted by molar-refractivity contribution is 0.851. The molecule has 5 heteroatoms. The number of benzene rings is 1. The molecule has 0 amide bonds. The first-order valence-corrected chi connectivity index (χ1v) is 4.85. The summed E-state index contributed by atoms with van der Waals surface area (Å²) in [6.07, 6.45) is 1.21. The number of nitrogen functional groups attached to an aromatic ring is 1. The largest absolute Gasteiger partial charge is 0.346 e. The summed E-state index contributed by atoms with van der Waals surface area (Å²) >= 11 is 0. The molecule has 1 aromatic carbocycles. The van der Waals surface area contributed by atoms with E-state index in [1.54, 1.807) is 0 Å². The normalized spacial score (nSPS) is 9.41. The lowest BCUT2D eigenvalue weighted by atomic mass is 10.2. The molecule has 0 aliphatic carbocycles. The van der Waals surface area contributed by atoms with E-state index in [0.717, 1.165) is 10.2 Å². The summed E-state index contributed by atoms with van der Waals surface area (Å²) in [5, 5.41) is 0. The number of H-pyrrole nitrogens is 1. The number of aromatic amines is 1. The average Bonchev–Trinajstić information content (AvgIpc) is 2.33. The Morgan fingerprint density at radius 3 is 2.53 bits per heavy atom. The molecule has 0 unspecified atom stereocenters. The molecule has 0 atom stereocenters. The van der Waals surface area contributed by atoms with E-state index in [9.17, 15) is 9.59 Å². The number of nitrogens with one attached hydrogen (secondary N) is 1. The maximum Gasteiger partial charge on any atom is 0.346 e. The zero-order chi connectivity index (χ0) is 12.3. The Labute approximate surface area is 96.5 Å². The third-order valence-corrected chi connectivity index (χ3v) is 2.08. The molecule has 1 heterocycles. The van der Waals surface area contributed by atoms with Gasteiger partial charge in [0.1, 0.15) is 5.56 Å². The van der Waals surface area contributed by atoms with Crippen LogP contribution in [0.25, 0.3) is 0 Å². The Balaban J connectivity index is 2.45. The van der Waals surface area contributed by atoms with Crippen molar-refractivity contribution in [2.75, 3.05) is 5.84 Å². The monoisotopic (exact) mass is 227 g/mol. The number of rotatable bonds is 0. The molecule has 0 fully saturated rings. The number of nitrogens with two attached hydrogens (primary N) is 1. The molecule has 0 saturated carbocycles. The van der Waals surface area contributed by atoms with Crippen LogP contribution in [-0.4, -0.2) is 9.66 Å². The summed E-state index contributed by atoms with van der Waals surface area (Å²) in [5.74, 6) is 10.8. The highest BCUT2D eigenvalue weighted by molar-refractivity contribution is 5.40. The van der Waals surface area contributed by atoms with Gasteiger partial charge in [-0.1, -0.05) is 30.0 Å². The van der Waals surface area contributed by atoms with E-state index in [2.05, 4.69) is 16.8 Å². The smallest absolute Gasteiger partial charge is 0.335 e. The van der Waals surface area contributed by atoms with E-state index in [0.29, 0.717) is 0 Å². The van der Waals surface area contributed by atoms with Crippen molar-refractivity contribution in [1.82, 2.24) is 9.66 Å². The first-order valence-electron chi connectivity index (χ1n) is 4.85. The molecular formula is C12H9N3O2. The fraction of sp³-hybridized carbons (Fsp3) is 0. The second-order valence-corrected chi connectivity index (χ2v) is 3.33. The Hall–Kier alpha value is -2.74. The van der Waals surface area contributed by atoms with Crippen LogP contribution in [0.3, 0.4) is 0 Å². The van der Waals surface area contributed by atoms with Crippen LogP contribution in [-0.2, 0) is 0 Å². The van der Waals surface area contributed by atoms with E-state index in [1.165, 1.54) is 6.20 Å². The van der Waals surface area contributed by atoms with Gasteiger partial charge in [0, 0.05) is 5.56 Å². The second-order valence-electron chi connectivity index (χ2n) is 3.33. The topological polar surface area (TPSA) is 80.9 Å². The van der Waals surface area contributed by atoms with Crippen molar-refractivity contribution < 1.29 is 0 Å². The predicted molar refractivity (Wildman–Crippen MR) is 63.9 cm³/mol. The molecule has 0 aliphatic rings. The van der Waals surface area contributed by atoms with Crippen LogP contribution >= 0.6 is 0 Å². The van der Waals surface area contributed by atoms with Gasteiger partial charge in [0.15, 0.2) is 0 Å². The van der Waals surface area contributed by atoms with Gasteiger partial charge in [0.25, 0.3) is 5.56 Å². The highest BCUT2D eigenvalue weighted by Gasteiger charge is 1.98. The van der Waals surface area contributed by atoms with Gasteiger partial charge in [0.05, 0.1) is 6.20 Å². The third-order valence-electron chi connectivity index (χ3n) is 2.08. The number of hydrogen-bond acceptors (Lipinski definition) is 3. The Kier molecular flexibility index (Phi) is 2.79. The van der Waals surface area contributed by atoms with Gasteiger partial charge in [-0.15, -0.1) is 0 Å². The van der Waals surface area contributed by atoms with Crippen molar-refractivity contribution in [1.29, 1.82) is 0 Å². The molecule has 0 saturated heterocycles. The van der Waals surface area contributed by atoms with Crippen molar-refractivity contribution in [3.8, 4) is 11.8 Å². The molecule has 0 aliphatic heterocycles. The van der Waals surface area contributed by atoms with Gasteiger partial charge >= 0.3 is 5.69 Å². The maximum atomic E-state index is 11.4. The minimum atomic E-state index is -0.666. The Morgan fingerprint density at radius 1 is 1.12 bits per heavy atom. The van der Waals surface area contributed by atoms with E-state index >= 15 is 0 Å². The Morgan fingerprint density at radius 2 is 1.82 bits per heavy atom. The predicted octanol–water partition coefficient (Wildman–Crippen LogP) is -0.350. The fourth-order valence-electron chi connectivity index (χ4n) is 1.24. The SMILES string of the molecule is Nn1cc(C#Cc2ccccc2)c(=O)[nH]c1=O. The number of aromatic nitrogens is 2. The van der Waals surface area contributed by atoms with E-state index in [4.69, 9.17) is 5.84 Å². The number of nitrogens with zero attached hydrogens (tertiary/aromatic N) is 1. The quantitative estimate of drug-likeness (QED) is 0.477. The molecule has 17 heavy (non-hydrogen) atoms. The standard InChI is InChI=1S/C12H9N3O2/c13-15-8-10(11(16)14-12(15)17)7-6-9-4-2-1-3-5-9/h1-5,8H,13H2,(H,14,16,17). The third kappa shape index (κ3) is 2.44. The molecule has 5 nitrogen and oxygen atoms in total. The van der Waals surface area contributed by atoms with Crippen LogP contribution in [0.2, 0.25) is 0 Å². The zero-order valence-electron chi connectivity index (χ0n) is 8.81. The molecule has 0 radical (unpaired) electrons. The van der Waals surface area contributed by atoms with Crippen molar-refractivity contribution in [2.24, 2.45) is 0 Å². The summed E-state index contributed by atoms with van der Waals surface area (Å²) in [5.41, 5.74) is -0.280. The summed E-state index contributed by atoms with van der Waals surface area (Å²) in [6, 6.07) is 9.20. The van der Waals surface area contributed by atoms with Crippen LogP contribution in [0, 0.1) is 11.8 Å². The van der Waals surface area contributed by atoms with Gasteiger partial charge in [-0.2, -0.15) is 0 Å². The molecular weight excluding hydrogens is 218 g/mol. The zero-order valence-corrected chi connectivity index (χ0v) is 8.81. The maximum absolute atomic E-state index is 11.4. The van der Waals surface area contributed by atoms with Crippen molar-refractivity contribution in [3.63, 3.8) is 0 Å². The van der Waals surface area contributed by atoms with Crippen molar-refractivity contribution in [3.05, 3.63) is 68.5 Å². The molecule has 0 spiro atoms. The summed E-state index contributed by atoms with van der Waals surface area (Å²) in [7, 11) is 0. The van der Waals surface area contributed by atoms with Gasteiger partial charge < -0.3 is 5.84 Å². The molecule has 0 bridgehead atoms. The van der Waals surface area contributed by atoms with Crippen molar-refractivity contribution in [2.45, 2.75) is 0 Å². The summed E-state index contributed by atoms with van der Waals surface area (Å²) in [4.78, 5) is 24.5. The van der Waals surface area contributed by atoms with Gasteiger partial charge in [-0.3, -0.25) is 9.78 Å². The fourth-order valence-corrected chi connectivity index (χ4v) is 1.24. The lowest BCUT2D eigenvalue weighted by Crippen LogP contribution is -2.35. The molecule has 3 N–H and O–H groups in total. The second kappa shape index (κ2) is 4.41. The minimum Gasteiger partial charge on any atom is -0.335 e. The summed E-state index contributed by atoms with van der Waals surface area (Å²) < 4.78 is 0.788. The van der Waals surface area contributed by atoms with Crippen LogP contribution in [0.4, 0.5) is 0 Å². The highest BCUT2D eigenvalue weighted by Crippen LogP contribution is 1.95. The molecule has 2 aromatic rings. The molecule has 1 aromatic heterocycles. The van der Waals surface area contributed by atoms with Crippen LogP contribution < -0.4 is 17.1 Å². The lowest BCUT2D eigenvalue weighted by Gasteiger charge is -1.95. The highest BCUT2D eigenvalue weighted by atomic mass is 16.2. The first kappa shape index (κ1) is 10.8. The van der Waals surface area contributed by atoms with Gasteiger partial charge in [0.2, 0.25) is 0 Å². The summed E-state index contributed by atoms with van der Waals surface area (Å²) in [6.45, 7) is 0. The van der Waals surface area contributed by atoms with Gasteiger partial charge in [-0.25, -0.2) is 9.47 Å². The number of hydrogen-bond donors (Lipinski definition) is 2. The van der Waals surface area contributed by atoms with Crippen LogP contribution in [0.5, 0.6) is 0 Å². The van der Waals surface area contributed by atoms with Crippen molar-refractivity contribution >= 4 is 0 Å². The van der Waals surface area contributed by atoms with E-state index in [-0.39, 0.29) is 5.56 Å².